The highest BCUT2D eigenvalue weighted by Crippen LogP contribution is 2.41. The Hall–Kier alpha value is -2.74. The number of fused-ring (bicyclic) bond motifs is 1. The standard InChI is InChI=1S/C30H39N5O2/c1-21(2)19-34-29(37)35(26-16-23-10-6-7-11-24(23)17-26)28(36)30(34)12-14-33(15-13-30)20-25-18-31-32-27(25)22-8-4-3-5-9-22/h3-11,21,25-27,31-32H,12-20H2,1-2H3. The van der Waals surface area contributed by atoms with Gasteiger partial charge in [0.2, 0.25) is 0 Å². The Kier molecular flexibility index (Phi) is 6.55. The van der Waals surface area contributed by atoms with Crippen molar-refractivity contribution in [2.45, 2.75) is 57.2 Å². The lowest BCUT2D eigenvalue weighted by molar-refractivity contribution is -0.137. The highest BCUT2D eigenvalue weighted by atomic mass is 16.2. The lowest BCUT2D eigenvalue weighted by atomic mass is 9.84. The summed E-state index contributed by atoms with van der Waals surface area (Å²) in [4.78, 5) is 34.1. The van der Waals surface area contributed by atoms with Gasteiger partial charge in [0.05, 0.1) is 6.04 Å². The van der Waals surface area contributed by atoms with Crippen molar-refractivity contribution in [3.8, 4) is 0 Å². The summed E-state index contributed by atoms with van der Waals surface area (Å²) in [6.07, 6.45) is 2.97. The highest BCUT2D eigenvalue weighted by molar-refractivity contribution is 6.07. The van der Waals surface area contributed by atoms with Crippen molar-refractivity contribution in [3.05, 3.63) is 71.3 Å². The van der Waals surface area contributed by atoms with Gasteiger partial charge in [-0.2, -0.15) is 0 Å². The molecule has 1 spiro atoms. The summed E-state index contributed by atoms with van der Waals surface area (Å²) in [5.74, 6) is 0.814. The molecule has 4 aliphatic rings. The molecule has 196 valence electrons. The number of carbonyl (C=O) groups is 2. The van der Waals surface area contributed by atoms with Gasteiger partial charge in [-0.1, -0.05) is 68.4 Å². The van der Waals surface area contributed by atoms with Gasteiger partial charge in [0.25, 0.3) is 5.91 Å². The monoisotopic (exact) mass is 501 g/mol. The first kappa shape index (κ1) is 24.6. The maximum atomic E-state index is 14.1. The lowest BCUT2D eigenvalue weighted by Gasteiger charge is -2.43. The number of benzene rings is 2. The maximum absolute atomic E-state index is 14.1. The van der Waals surface area contributed by atoms with Gasteiger partial charge in [0.1, 0.15) is 5.54 Å². The van der Waals surface area contributed by atoms with Crippen LogP contribution >= 0.6 is 0 Å². The van der Waals surface area contributed by atoms with Crippen LogP contribution in [0, 0.1) is 11.8 Å². The number of rotatable bonds is 6. The number of imide groups is 1. The summed E-state index contributed by atoms with van der Waals surface area (Å²) in [5.41, 5.74) is 9.96. The first-order valence-electron chi connectivity index (χ1n) is 13.9. The number of nitrogens with one attached hydrogen (secondary N) is 2. The molecule has 2 N–H and O–H groups in total. The summed E-state index contributed by atoms with van der Waals surface area (Å²) >= 11 is 0. The number of hydrazine groups is 1. The second-order valence-electron chi connectivity index (χ2n) is 11.8. The molecule has 2 aromatic carbocycles. The molecule has 7 heteroatoms. The maximum Gasteiger partial charge on any atom is 0.327 e. The van der Waals surface area contributed by atoms with Crippen LogP contribution in [0.4, 0.5) is 4.79 Å². The van der Waals surface area contributed by atoms with Crippen LogP contribution < -0.4 is 10.9 Å². The molecule has 2 unspecified atom stereocenters. The fraction of sp³-hybridized carbons (Fsp3) is 0.533. The molecule has 3 saturated heterocycles. The molecular weight excluding hydrogens is 462 g/mol. The first-order valence-corrected chi connectivity index (χ1v) is 13.9. The number of likely N-dealkylation sites (tertiary alicyclic amines) is 1. The molecule has 3 fully saturated rings. The normalized spacial score (nSPS) is 26.1. The van der Waals surface area contributed by atoms with Crippen LogP contribution in [0.5, 0.6) is 0 Å². The summed E-state index contributed by atoms with van der Waals surface area (Å²) in [6.45, 7) is 8.48. The largest absolute Gasteiger partial charge is 0.327 e. The van der Waals surface area contributed by atoms with Gasteiger partial charge in [-0.15, -0.1) is 0 Å². The van der Waals surface area contributed by atoms with E-state index in [4.69, 9.17) is 0 Å². The van der Waals surface area contributed by atoms with Crippen LogP contribution in [0.25, 0.3) is 0 Å². The van der Waals surface area contributed by atoms with Crippen LogP contribution in [0.2, 0.25) is 0 Å². The molecule has 0 saturated carbocycles. The minimum absolute atomic E-state index is 0.0435. The van der Waals surface area contributed by atoms with Gasteiger partial charge in [0, 0.05) is 44.7 Å². The van der Waals surface area contributed by atoms with Crippen molar-refractivity contribution in [2.75, 3.05) is 32.7 Å². The van der Waals surface area contributed by atoms with E-state index in [1.54, 1.807) is 4.90 Å². The quantitative estimate of drug-likeness (QED) is 0.594. The molecule has 3 amide bonds. The average Bonchev–Trinajstić information content (AvgIpc) is 3.59. The zero-order valence-electron chi connectivity index (χ0n) is 22.0. The number of carbonyl (C=O) groups excluding carboxylic acids is 2. The topological polar surface area (TPSA) is 67.9 Å². The number of hydrogen-bond acceptors (Lipinski definition) is 5. The minimum atomic E-state index is -0.697. The number of piperidine rings is 1. The van der Waals surface area contributed by atoms with Crippen molar-refractivity contribution in [2.24, 2.45) is 11.8 Å². The lowest BCUT2D eigenvalue weighted by Crippen LogP contribution is -2.58. The van der Waals surface area contributed by atoms with Gasteiger partial charge in [-0.3, -0.25) is 15.1 Å². The van der Waals surface area contributed by atoms with Gasteiger partial charge in [-0.05, 0) is 48.3 Å². The van der Waals surface area contributed by atoms with E-state index in [0.29, 0.717) is 31.2 Å². The third-order valence-corrected chi connectivity index (χ3v) is 8.94. The van der Waals surface area contributed by atoms with E-state index in [9.17, 15) is 9.59 Å². The predicted octanol–water partition coefficient (Wildman–Crippen LogP) is 3.37. The van der Waals surface area contributed by atoms with E-state index in [0.717, 1.165) is 39.0 Å². The molecule has 37 heavy (non-hydrogen) atoms. The molecule has 2 aromatic rings. The van der Waals surface area contributed by atoms with Crippen LogP contribution in [0.1, 0.15) is 49.4 Å². The van der Waals surface area contributed by atoms with Gasteiger partial charge >= 0.3 is 6.03 Å². The Morgan fingerprint density at radius 1 is 0.946 bits per heavy atom. The molecule has 0 bridgehead atoms. The second-order valence-corrected chi connectivity index (χ2v) is 11.8. The molecule has 0 radical (unpaired) electrons. The summed E-state index contributed by atoms with van der Waals surface area (Å²) in [6, 6.07) is 19.1. The van der Waals surface area contributed by atoms with E-state index < -0.39 is 5.54 Å². The van der Waals surface area contributed by atoms with E-state index >= 15 is 0 Å². The fourth-order valence-corrected chi connectivity index (χ4v) is 7.04. The van der Waals surface area contributed by atoms with Gasteiger partial charge < -0.3 is 9.80 Å². The molecule has 1 aliphatic carbocycles. The number of amides is 3. The Bertz CT molecular complexity index is 1120. The third kappa shape index (κ3) is 4.37. The van der Waals surface area contributed by atoms with Crippen LogP contribution in [0.3, 0.4) is 0 Å². The summed E-state index contributed by atoms with van der Waals surface area (Å²) in [5, 5.41) is 0. The van der Waals surface area contributed by atoms with Crippen molar-refractivity contribution in [3.63, 3.8) is 0 Å². The minimum Gasteiger partial charge on any atom is -0.309 e. The number of nitrogens with zero attached hydrogens (tertiary/aromatic N) is 3. The van der Waals surface area contributed by atoms with E-state index in [2.05, 4.69) is 84.2 Å². The molecule has 7 nitrogen and oxygen atoms in total. The summed E-state index contributed by atoms with van der Waals surface area (Å²) < 4.78 is 0. The zero-order chi connectivity index (χ0) is 25.6. The Morgan fingerprint density at radius 3 is 2.24 bits per heavy atom. The van der Waals surface area contributed by atoms with Crippen LogP contribution in [-0.2, 0) is 17.6 Å². The van der Waals surface area contributed by atoms with Crippen LogP contribution in [0.15, 0.2) is 54.6 Å². The van der Waals surface area contributed by atoms with Gasteiger partial charge in [-0.25, -0.2) is 10.2 Å². The molecule has 6 rings (SSSR count). The van der Waals surface area contributed by atoms with E-state index in [-0.39, 0.29) is 24.0 Å². The van der Waals surface area contributed by atoms with Crippen molar-refractivity contribution >= 4 is 11.9 Å². The highest BCUT2D eigenvalue weighted by Gasteiger charge is 2.59. The molecule has 3 aliphatic heterocycles. The average molecular weight is 502 g/mol. The predicted molar refractivity (Wildman–Crippen MR) is 144 cm³/mol. The molecular formula is C30H39N5O2. The SMILES string of the molecule is CC(C)CN1C(=O)N(C2Cc3ccccc3C2)C(=O)C12CCN(CC1CNNC1c1ccccc1)CC2. The smallest absolute Gasteiger partial charge is 0.309 e. The zero-order valence-corrected chi connectivity index (χ0v) is 22.0. The van der Waals surface area contributed by atoms with Crippen LogP contribution in [-0.4, -0.2) is 70.9 Å². The first-order chi connectivity index (χ1) is 18.0. The molecule has 2 atom stereocenters. The van der Waals surface area contributed by atoms with E-state index in [1.165, 1.54) is 16.7 Å². The fourth-order valence-electron chi connectivity index (χ4n) is 7.04. The summed E-state index contributed by atoms with van der Waals surface area (Å²) in [7, 11) is 0. The Balaban J connectivity index is 1.17. The van der Waals surface area contributed by atoms with Crippen molar-refractivity contribution < 1.29 is 9.59 Å². The van der Waals surface area contributed by atoms with Gasteiger partial charge in [0.15, 0.2) is 0 Å². The number of hydrogen-bond donors (Lipinski definition) is 2. The van der Waals surface area contributed by atoms with Crippen molar-refractivity contribution in [1.29, 1.82) is 0 Å². The molecule has 0 aromatic heterocycles. The Morgan fingerprint density at radius 2 is 1.59 bits per heavy atom. The second kappa shape index (κ2) is 9.86. The number of urea groups is 1. The van der Waals surface area contributed by atoms with E-state index in [1.807, 2.05) is 4.90 Å². The van der Waals surface area contributed by atoms with Crippen molar-refractivity contribution in [1.82, 2.24) is 25.6 Å². The third-order valence-electron chi connectivity index (χ3n) is 8.94. The Labute approximate surface area is 220 Å². The molecule has 3 heterocycles.